The third kappa shape index (κ3) is 4.05. The van der Waals surface area contributed by atoms with Gasteiger partial charge in [0.25, 0.3) is 0 Å². The Morgan fingerprint density at radius 3 is 2.39 bits per heavy atom. The van der Waals surface area contributed by atoms with Crippen LogP contribution in [0.25, 0.3) is 10.8 Å². The quantitative estimate of drug-likeness (QED) is 0.694. The molecule has 0 fully saturated rings. The van der Waals surface area contributed by atoms with E-state index in [1.54, 1.807) is 18.2 Å². The molecule has 0 radical (unpaired) electrons. The average Bonchev–Trinajstić information content (AvgIpc) is 2.52. The number of benzene rings is 2. The highest BCUT2D eigenvalue weighted by molar-refractivity contribution is 7.89. The van der Waals surface area contributed by atoms with E-state index in [0.717, 1.165) is 10.8 Å². The van der Waals surface area contributed by atoms with E-state index < -0.39 is 34.3 Å². The van der Waals surface area contributed by atoms with Gasteiger partial charge < -0.3 is 11.1 Å². The number of nitrogens with one attached hydrogen (secondary N) is 2. The number of amides is 2. The normalized spacial score (nSPS) is 12.7. The summed E-state index contributed by atoms with van der Waals surface area (Å²) < 4.78 is 27.1. The predicted molar refractivity (Wildman–Crippen MR) is 85.9 cm³/mol. The number of carbonyl (C=O) groups excluding carboxylic acids is 2. The van der Waals surface area contributed by atoms with E-state index >= 15 is 0 Å². The van der Waals surface area contributed by atoms with Gasteiger partial charge in [0.15, 0.2) is 0 Å². The van der Waals surface area contributed by atoms with E-state index in [2.05, 4.69) is 10.0 Å². The van der Waals surface area contributed by atoms with Gasteiger partial charge in [-0.1, -0.05) is 30.3 Å². The van der Waals surface area contributed by atoms with Crippen molar-refractivity contribution in [1.29, 1.82) is 0 Å². The van der Waals surface area contributed by atoms with Gasteiger partial charge in [-0.05, 0) is 22.9 Å². The maximum atomic E-state index is 12.4. The molecule has 23 heavy (non-hydrogen) atoms. The van der Waals surface area contributed by atoms with Crippen molar-refractivity contribution in [2.24, 2.45) is 5.73 Å². The van der Waals surface area contributed by atoms with Gasteiger partial charge >= 0.3 is 0 Å². The van der Waals surface area contributed by atoms with Crippen molar-refractivity contribution in [3.63, 3.8) is 0 Å². The molecule has 2 rings (SSSR count). The zero-order chi connectivity index (χ0) is 17.0. The van der Waals surface area contributed by atoms with Gasteiger partial charge in [-0.15, -0.1) is 0 Å². The van der Waals surface area contributed by atoms with Crippen LogP contribution in [0.5, 0.6) is 0 Å². The molecule has 0 spiro atoms. The molecule has 2 aromatic rings. The summed E-state index contributed by atoms with van der Waals surface area (Å²) in [5, 5.41) is 3.95. The number of sulfonamides is 1. The molecular weight excluding hydrogens is 318 g/mol. The maximum absolute atomic E-state index is 12.4. The molecule has 0 bridgehead atoms. The topological polar surface area (TPSA) is 118 Å². The lowest BCUT2D eigenvalue weighted by atomic mass is 10.1. The molecule has 0 unspecified atom stereocenters. The zero-order valence-electron chi connectivity index (χ0n) is 12.4. The monoisotopic (exact) mass is 335 g/mol. The van der Waals surface area contributed by atoms with Crippen LogP contribution in [-0.4, -0.2) is 33.3 Å². The van der Waals surface area contributed by atoms with E-state index in [4.69, 9.17) is 5.73 Å². The van der Waals surface area contributed by atoms with E-state index in [1.165, 1.54) is 19.2 Å². The standard InChI is InChI=1S/C15H17N3O4S/c1-17-15(20)13(9-14(16)19)18-23(21,22)12-7-6-10-4-2-3-5-11(10)8-12/h2-8,13,18H,9H2,1H3,(H2,16,19)(H,17,20)/t13-/m0/s1. The van der Waals surface area contributed by atoms with Crippen molar-refractivity contribution < 1.29 is 18.0 Å². The molecule has 7 nitrogen and oxygen atoms in total. The number of rotatable bonds is 6. The Labute approximate surface area is 133 Å². The van der Waals surface area contributed by atoms with Gasteiger partial charge in [0, 0.05) is 7.05 Å². The summed E-state index contributed by atoms with van der Waals surface area (Å²) in [6.45, 7) is 0. The molecule has 1 atom stereocenters. The highest BCUT2D eigenvalue weighted by Gasteiger charge is 2.26. The fraction of sp³-hybridized carbons (Fsp3) is 0.200. The molecule has 2 amide bonds. The Hall–Kier alpha value is -2.45. The molecule has 0 heterocycles. The maximum Gasteiger partial charge on any atom is 0.241 e. The molecule has 0 aliphatic carbocycles. The largest absolute Gasteiger partial charge is 0.370 e. The van der Waals surface area contributed by atoms with Crippen molar-refractivity contribution in [2.45, 2.75) is 17.4 Å². The number of likely N-dealkylation sites (N-methyl/N-ethyl adjacent to an activating group) is 1. The minimum absolute atomic E-state index is 0.00886. The lowest BCUT2D eigenvalue weighted by molar-refractivity contribution is -0.126. The predicted octanol–water partition coefficient (Wildman–Crippen LogP) is 0.108. The van der Waals surface area contributed by atoms with Crippen LogP contribution in [0.3, 0.4) is 0 Å². The lowest BCUT2D eigenvalue weighted by Gasteiger charge is -2.16. The lowest BCUT2D eigenvalue weighted by Crippen LogP contribution is -2.47. The Morgan fingerprint density at radius 1 is 1.13 bits per heavy atom. The molecule has 8 heteroatoms. The number of fused-ring (bicyclic) bond motifs is 1. The fourth-order valence-corrected chi connectivity index (χ4v) is 3.38. The summed E-state index contributed by atoms with van der Waals surface area (Å²) in [4.78, 5) is 22.8. The smallest absolute Gasteiger partial charge is 0.241 e. The summed E-state index contributed by atoms with van der Waals surface area (Å²) in [6.07, 6.45) is -0.424. The van der Waals surface area contributed by atoms with Crippen LogP contribution in [0.1, 0.15) is 6.42 Å². The second kappa shape index (κ2) is 6.76. The van der Waals surface area contributed by atoms with Crippen LogP contribution >= 0.6 is 0 Å². The van der Waals surface area contributed by atoms with Gasteiger partial charge in [0.05, 0.1) is 11.3 Å². The summed E-state index contributed by atoms with van der Waals surface area (Å²) >= 11 is 0. The molecule has 122 valence electrons. The Morgan fingerprint density at radius 2 is 1.78 bits per heavy atom. The van der Waals surface area contributed by atoms with E-state index in [9.17, 15) is 18.0 Å². The first-order valence-corrected chi connectivity index (χ1v) is 8.33. The minimum Gasteiger partial charge on any atom is -0.370 e. The average molecular weight is 335 g/mol. The molecule has 0 saturated heterocycles. The van der Waals surface area contributed by atoms with Crippen molar-refractivity contribution in [1.82, 2.24) is 10.0 Å². The molecule has 0 aliphatic rings. The summed E-state index contributed by atoms with van der Waals surface area (Å²) in [7, 11) is -2.62. The SMILES string of the molecule is CNC(=O)[C@H](CC(N)=O)NS(=O)(=O)c1ccc2ccccc2c1. The van der Waals surface area contributed by atoms with Crippen molar-refractivity contribution in [2.75, 3.05) is 7.05 Å². The third-order valence-corrected chi connectivity index (χ3v) is 4.77. The summed E-state index contributed by atoms with van der Waals surface area (Å²) in [5.41, 5.74) is 5.06. The molecule has 2 aromatic carbocycles. The van der Waals surface area contributed by atoms with Gasteiger partial charge in [-0.25, -0.2) is 8.42 Å². The minimum atomic E-state index is -3.97. The van der Waals surface area contributed by atoms with Gasteiger partial charge in [0.1, 0.15) is 6.04 Å². The van der Waals surface area contributed by atoms with Crippen LogP contribution in [0, 0.1) is 0 Å². The van der Waals surface area contributed by atoms with Crippen LogP contribution < -0.4 is 15.8 Å². The van der Waals surface area contributed by atoms with Crippen molar-refractivity contribution >= 4 is 32.6 Å². The number of primary amides is 1. The molecular formula is C15H17N3O4S. The van der Waals surface area contributed by atoms with Gasteiger partial charge in [-0.3, -0.25) is 9.59 Å². The van der Waals surface area contributed by atoms with Crippen LogP contribution in [0.4, 0.5) is 0 Å². The second-order valence-corrected chi connectivity index (χ2v) is 6.68. The number of nitrogens with two attached hydrogens (primary N) is 1. The van der Waals surface area contributed by atoms with Crippen LogP contribution in [0.2, 0.25) is 0 Å². The van der Waals surface area contributed by atoms with Gasteiger partial charge in [-0.2, -0.15) is 4.72 Å². The number of hydrogen-bond donors (Lipinski definition) is 3. The van der Waals surface area contributed by atoms with Crippen molar-refractivity contribution in [3.05, 3.63) is 42.5 Å². The molecule has 0 aromatic heterocycles. The molecule has 4 N–H and O–H groups in total. The number of hydrogen-bond acceptors (Lipinski definition) is 4. The fourth-order valence-electron chi connectivity index (χ4n) is 2.15. The van der Waals surface area contributed by atoms with E-state index in [1.807, 2.05) is 12.1 Å². The Kier molecular flexibility index (Phi) is 4.97. The summed E-state index contributed by atoms with van der Waals surface area (Å²) in [5.74, 6) is -1.41. The van der Waals surface area contributed by atoms with Gasteiger partial charge in [0.2, 0.25) is 21.8 Å². The second-order valence-electron chi connectivity index (χ2n) is 4.97. The Bertz CT molecular complexity index is 849. The first kappa shape index (κ1) is 16.9. The van der Waals surface area contributed by atoms with E-state index in [-0.39, 0.29) is 4.90 Å². The van der Waals surface area contributed by atoms with Crippen molar-refractivity contribution in [3.8, 4) is 0 Å². The third-order valence-electron chi connectivity index (χ3n) is 3.30. The van der Waals surface area contributed by atoms with Crippen LogP contribution in [-0.2, 0) is 19.6 Å². The first-order valence-electron chi connectivity index (χ1n) is 6.84. The Balaban J connectivity index is 2.34. The molecule has 0 aliphatic heterocycles. The summed E-state index contributed by atoms with van der Waals surface area (Å²) in [6, 6.07) is 10.7. The highest BCUT2D eigenvalue weighted by atomic mass is 32.2. The highest BCUT2D eigenvalue weighted by Crippen LogP contribution is 2.19. The zero-order valence-corrected chi connectivity index (χ0v) is 13.3. The number of carbonyl (C=O) groups is 2. The first-order chi connectivity index (χ1) is 10.8. The van der Waals surface area contributed by atoms with Crippen LogP contribution in [0.15, 0.2) is 47.4 Å². The molecule has 0 saturated carbocycles. The van der Waals surface area contributed by atoms with E-state index in [0.29, 0.717) is 0 Å².